The van der Waals surface area contributed by atoms with Crippen LogP contribution in [-0.2, 0) is 4.79 Å². The third-order valence-corrected chi connectivity index (χ3v) is 6.83. The van der Waals surface area contributed by atoms with Crippen molar-refractivity contribution in [1.29, 1.82) is 0 Å². The lowest BCUT2D eigenvalue weighted by Gasteiger charge is -2.25. The van der Waals surface area contributed by atoms with Crippen LogP contribution >= 0.6 is 23.2 Å². The molecule has 38 heavy (non-hydrogen) atoms. The lowest BCUT2D eigenvalue weighted by Crippen LogP contribution is -2.53. The zero-order valence-corrected chi connectivity index (χ0v) is 23.4. The number of nitrogens with zero attached hydrogens (tertiary/aromatic N) is 3. The van der Waals surface area contributed by atoms with Crippen molar-refractivity contribution in [2.45, 2.75) is 46.1 Å². The Bertz CT molecular complexity index is 1420. The van der Waals surface area contributed by atoms with Crippen molar-refractivity contribution in [3.05, 3.63) is 63.6 Å². The number of hydrogen-bond donors (Lipinski definition) is 3. The molecule has 0 aliphatic rings. The molecule has 202 valence electrons. The number of amides is 1. The van der Waals surface area contributed by atoms with Crippen LogP contribution in [0.25, 0.3) is 17.0 Å². The molecule has 0 radical (unpaired) electrons. The van der Waals surface area contributed by atoms with Crippen molar-refractivity contribution in [3.63, 3.8) is 0 Å². The quantitative estimate of drug-likeness (QED) is 0.160. The van der Waals surface area contributed by atoms with Crippen LogP contribution in [0.3, 0.4) is 0 Å². The number of aryl methyl sites for hydroxylation is 2. The molecule has 2 heterocycles. The predicted octanol–water partition coefficient (Wildman–Crippen LogP) is 5.33. The van der Waals surface area contributed by atoms with Crippen LogP contribution in [0.4, 0.5) is 0 Å². The lowest BCUT2D eigenvalue weighted by atomic mass is 10.1. The average Bonchev–Trinajstić information content (AvgIpc) is 3.44. The minimum absolute atomic E-state index is 0.0971. The first-order valence-electron chi connectivity index (χ1n) is 12.4. The fourth-order valence-corrected chi connectivity index (χ4v) is 4.11. The summed E-state index contributed by atoms with van der Waals surface area (Å²) in [4.78, 5) is 12.7. The van der Waals surface area contributed by atoms with Crippen molar-refractivity contribution in [1.82, 2.24) is 30.4 Å². The Labute approximate surface area is 231 Å². The van der Waals surface area contributed by atoms with Crippen molar-refractivity contribution in [2.24, 2.45) is 0 Å². The second-order valence-electron chi connectivity index (χ2n) is 9.63. The molecule has 0 atom stereocenters. The van der Waals surface area contributed by atoms with Crippen LogP contribution in [-0.4, -0.2) is 51.1 Å². The van der Waals surface area contributed by atoms with E-state index in [-0.39, 0.29) is 12.6 Å². The Morgan fingerprint density at radius 3 is 2.63 bits per heavy atom. The van der Waals surface area contributed by atoms with E-state index in [1.165, 1.54) is 5.56 Å². The number of fused-ring (bicyclic) bond motifs is 1. The Hall–Kier alpha value is -3.27. The number of aromatic nitrogens is 4. The molecule has 9 nitrogen and oxygen atoms in total. The largest absolute Gasteiger partial charge is 0.493 e. The maximum atomic E-state index is 12.7. The number of rotatable bonds is 12. The van der Waals surface area contributed by atoms with E-state index in [1.807, 2.05) is 25.1 Å². The van der Waals surface area contributed by atoms with Crippen molar-refractivity contribution in [3.8, 4) is 23.0 Å². The summed E-state index contributed by atoms with van der Waals surface area (Å²) < 4.78 is 13.2. The van der Waals surface area contributed by atoms with Gasteiger partial charge in [-0.05, 0) is 70.4 Å². The highest BCUT2D eigenvalue weighted by Crippen LogP contribution is 2.28. The molecule has 0 aliphatic carbocycles. The van der Waals surface area contributed by atoms with Crippen LogP contribution in [0.1, 0.15) is 37.8 Å². The fourth-order valence-electron chi connectivity index (χ4n) is 3.81. The Kier molecular flexibility index (Phi) is 8.81. The van der Waals surface area contributed by atoms with Crippen LogP contribution in [0.5, 0.6) is 11.6 Å². The number of halogens is 2. The smallest absolute Gasteiger partial charge is 0.239 e. The van der Waals surface area contributed by atoms with E-state index in [2.05, 4.69) is 38.9 Å². The van der Waals surface area contributed by atoms with Gasteiger partial charge in [-0.15, -0.1) is 5.10 Å². The predicted molar refractivity (Wildman–Crippen MR) is 149 cm³/mol. The molecule has 0 fully saturated rings. The van der Waals surface area contributed by atoms with E-state index >= 15 is 0 Å². The van der Waals surface area contributed by atoms with E-state index in [1.54, 1.807) is 36.6 Å². The molecule has 2 aromatic heterocycles. The number of nitrogens with one attached hydrogen (secondary N) is 3. The third-order valence-electron chi connectivity index (χ3n) is 6.09. The molecule has 0 unspecified atom stereocenters. The molecule has 0 saturated heterocycles. The van der Waals surface area contributed by atoms with Gasteiger partial charge in [0.2, 0.25) is 11.8 Å². The zero-order valence-electron chi connectivity index (χ0n) is 21.9. The van der Waals surface area contributed by atoms with Gasteiger partial charge in [-0.2, -0.15) is 9.61 Å². The summed E-state index contributed by atoms with van der Waals surface area (Å²) >= 11 is 12.2. The SMILES string of the molecule is Cc1ccc(OCCCCNC(=O)C(C)(C)NCOc2cc3[nH]nc(-c4ccc(Cl)c(Cl)c4)n3n2)c(C)c1. The summed E-state index contributed by atoms with van der Waals surface area (Å²) in [5.74, 6) is 1.74. The van der Waals surface area contributed by atoms with E-state index < -0.39 is 5.54 Å². The Balaban J connectivity index is 1.20. The van der Waals surface area contributed by atoms with Gasteiger partial charge < -0.3 is 14.8 Å². The van der Waals surface area contributed by atoms with Gasteiger partial charge in [0.1, 0.15) is 12.5 Å². The molecule has 0 saturated carbocycles. The monoisotopic (exact) mass is 558 g/mol. The first-order chi connectivity index (χ1) is 18.1. The summed E-state index contributed by atoms with van der Waals surface area (Å²) in [5, 5.41) is 18.6. The molecule has 1 amide bonds. The number of carbonyl (C=O) groups is 1. The topological polar surface area (TPSA) is 106 Å². The molecule has 0 spiro atoms. The summed E-state index contributed by atoms with van der Waals surface area (Å²) in [7, 11) is 0. The first-order valence-corrected chi connectivity index (χ1v) is 13.2. The van der Waals surface area contributed by atoms with Gasteiger partial charge in [-0.3, -0.25) is 15.2 Å². The van der Waals surface area contributed by atoms with Crippen LogP contribution < -0.4 is 20.1 Å². The first kappa shape index (κ1) is 27.8. The summed E-state index contributed by atoms with van der Waals surface area (Å²) in [6, 6.07) is 13.1. The van der Waals surface area contributed by atoms with Gasteiger partial charge in [0.15, 0.2) is 11.5 Å². The molecular weight excluding hydrogens is 527 g/mol. The van der Waals surface area contributed by atoms with Crippen LogP contribution in [0, 0.1) is 13.8 Å². The van der Waals surface area contributed by atoms with Crippen LogP contribution in [0.15, 0.2) is 42.5 Å². The summed E-state index contributed by atoms with van der Waals surface area (Å²) in [6.45, 7) is 8.99. The fraction of sp³-hybridized carbons (Fsp3) is 0.370. The van der Waals surface area contributed by atoms with Crippen molar-refractivity contribution < 1.29 is 14.3 Å². The Morgan fingerprint density at radius 1 is 1.05 bits per heavy atom. The van der Waals surface area contributed by atoms with E-state index in [4.69, 9.17) is 32.7 Å². The molecule has 0 bridgehead atoms. The minimum Gasteiger partial charge on any atom is -0.493 e. The normalized spacial score (nSPS) is 11.6. The maximum Gasteiger partial charge on any atom is 0.239 e. The van der Waals surface area contributed by atoms with Gasteiger partial charge in [-0.25, -0.2) is 0 Å². The highest BCUT2D eigenvalue weighted by Gasteiger charge is 2.26. The maximum absolute atomic E-state index is 12.7. The van der Waals surface area contributed by atoms with E-state index in [0.29, 0.717) is 40.5 Å². The van der Waals surface area contributed by atoms with E-state index in [9.17, 15) is 4.79 Å². The highest BCUT2D eigenvalue weighted by molar-refractivity contribution is 6.42. The number of benzene rings is 2. The third kappa shape index (κ3) is 6.78. The van der Waals surface area contributed by atoms with Crippen molar-refractivity contribution in [2.75, 3.05) is 19.9 Å². The number of ether oxygens (including phenoxy) is 2. The van der Waals surface area contributed by atoms with E-state index in [0.717, 1.165) is 29.7 Å². The minimum atomic E-state index is -0.830. The van der Waals surface area contributed by atoms with Gasteiger partial charge in [-0.1, -0.05) is 40.9 Å². The standard InChI is InChI=1S/C27H32Cl2N6O3/c1-17-7-10-22(18(2)13-17)37-12-6-5-11-30-26(36)27(3,4)31-16-38-24-15-23-32-33-25(35(23)34-24)19-8-9-20(28)21(29)14-19/h7-10,13-15,31-32H,5-6,11-12,16H2,1-4H3,(H,30,36). The zero-order chi connectivity index (χ0) is 27.3. The Morgan fingerprint density at radius 2 is 1.87 bits per heavy atom. The number of hydrogen-bond acceptors (Lipinski definition) is 6. The number of carbonyl (C=O) groups excluding carboxylic acids is 1. The molecule has 4 rings (SSSR count). The summed E-state index contributed by atoms with van der Waals surface area (Å²) in [6.07, 6.45) is 1.66. The molecular formula is C27H32Cl2N6O3. The van der Waals surface area contributed by atoms with Gasteiger partial charge >= 0.3 is 0 Å². The van der Waals surface area contributed by atoms with Crippen LogP contribution in [0.2, 0.25) is 10.0 Å². The molecule has 3 N–H and O–H groups in total. The summed E-state index contributed by atoms with van der Waals surface area (Å²) in [5.41, 5.74) is 2.92. The second-order valence-corrected chi connectivity index (χ2v) is 10.4. The van der Waals surface area contributed by atoms with Crippen molar-refractivity contribution >= 4 is 34.8 Å². The molecule has 4 aromatic rings. The average molecular weight is 559 g/mol. The van der Waals surface area contributed by atoms with Gasteiger partial charge in [0.05, 0.1) is 22.2 Å². The second kappa shape index (κ2) is 12.1. The van der Waals surface area contributed by atoms with Gasteiger partial charge in [0.25, 0.3) is 0 Å². The molecule has 0 aliphatic heterocycles. The number of unbranched alkanes of at least 4 members (excludes halogenated alkanes) is 1. The highest BCUT2D eigenvalue weighted by atomic mass is 35.5. The molecule has 2 aromatic carbocycles. The number of H-pyrrole nitrogens is 1. The molecule has 11 heteroatoms. The number of aromatic amines is 1. The lowest BCUT2D eigenvalue weighted by molar-refractivity contribution is -0.126. The van der Waals surface area contributed by atoms with Gasteiger partial charge in [0, 0.05) is 18.2 Å².